The van der Waals surface area contributed by atoms with Crippen LogP contribution in [0.1, 0.15) is 62.9 Å². The molecular formula is C28H39N3O5. The number of aromatic hydroxyl groups is 1. The Kier molecular flexibility index (Phi) is 9.13. The van der Waals surface area contributed by atoms with Crippen molar-refractivity contribution in [3.63, 3.8) is 0 Å². The first kappa shape index (κ1) is 28.7. The largest absolute Gasteiger partial charge is 0.507 e. The highest BCUT2D eigenvalue weighted by atomic mass is 16.6. The number of ether oxygens (including phenoxy) is 1. The van der Waals surface area contributed by atoms with Gasteiger partial charge in [-0.25, -0.2) is 4.79 Å². The minimum absolute atomic E-state index is 0.0694. The molecule has 3 N–H and O–H groups in total. The van der Waals surface area contributed by atoms with E-state index in [1.165, 1.54) is 11.9 Å². The van der Waals surface area contributed by atoms with Gasteiger partial charge in [0.1, 0.15) is 23.4 Å². The molecule has 0 fully saturated rings. The molecule has 3 amide bonds. The number of phenolic OH excluding ortho intramolecular Hbond substituents is 1. The molecule has 2 aromatic rings. The zero-order chi connectivity index (χ0) is 27.4. The van der Waals surface area contributed by atoms with Gasteiger partial charge >= 0.3 is 6.09 Å². The van der Waals surface area contributed by atoms with Crippen LogP contribution in [-0.2, 0) is 14.3 Å². The Morgan fingerprint density at radius 3 is 2.00 bits per heavy atom. The number of carbonyl (C=O) groups excluding carboxylic acids is 3. The van der Waals surface area contributed by atoms with Crippen LogP contribution in [0.3, 0.4) is 0 Å². The van der Waals surface area contributed by atoms with Gasteiger partial charge in [0.25, 0.3) is 5.91 Å². The van der Waals surface area contributed by atoms with Crippen LogP contribution < -0.4 is 10.6 Å². The van der Waals surface area contributed by atoms with Crippen LogP contribution in [0.4, 0.5) is 10.5 Å². The second-order valence-corrected chi connectivity index (χ2v) is 10.5. The van der Waals surface area contributed by atoms with E-state index < -0.39 is 35.6 Å². The van der Waals surface area contributed by atoms with E-state index in [4.69, 9.17) is 4.74 Å². The number of anilines is 1. The van der Waals surface area contributed by atoms with Gasteiger partial charge in [0.2, 0.25) is 5.91 Å². The number of hydrogen-bond acceptors (Lipinski definition) is 5. The van der Waals surface area contributed by atoms with Crippen LogP contribution in [-0.4, -0.2) is 46.6 Å². The average Bonchev–Trinajstić information content (AvgIpc) is 2.76. The van der Waals surface area contributed by atoms with Gasteiger partial charge in [0.05, 0.1) is 0 Å². The Bertz CT molecular complexity index is 1100. The summed E-state index contributed by atoms with van der Waals surface area (Å²) in [5.74, 6) is -1.33. The maximum Gasteiger partial charge on any atom is 0.408 e. The number of rotatable bonds is 7. The maximum atomic E-state index is 13.7. The molecule has 2 aromatic carbocycles. The predicted molar refractivity (Wildman–Crippen MR) is 141 cm³/mol. The van der Waals surface area contributed by atoms with Crippen molar-refractivity contribution in [3.8, 4) is 5.75 Å². The molecule has 0 aliphatic carbocycles. The van der Waals surface area contributed by atoms with Crippen molar-refractivity contribution < 1.29 is 24.2 Å². The second-order valence-electron chi connectivity index (χ2n) is 10.5. The number of phenols is 1. The van der Waals surface area contributed by atoms with Gasteiger partial charge in [-0.15, -0.1) is 0 Å². The van der Waals surface area contributed by atoms with Gasteiger partial charge in [-0.1, -0.05) is 50.2 Å². The lowest BCUT2D eigenvalue weighted by atomic mass is 9.97. The van der Waals surface area contributed by atoms with Crippen molar-refractivity contribution >= 4 is 23.6 Å². The van der Waals surface area contributed by atoms with Gasteiger partial charge < -0.3 is 25.4 Å². The zero-order valence-corrected chi connectivity index (χ0v) is 22.7. The van der Waals surface area contributed by atoms with Crippen LogP contribution in [0.5, 0.6) is 5.75 Å². The van der Waals surface area contributed by atoms with E-state index in [1.54, 1.807) is 59.7 Å². The standard InChI is InChI=1S/C28H39N3O5/c1-16(2)21(30-27(35)36-28(6,7)8)26(34)31(9)23(20-15-11-14-19(5)24(20)32)25(33)29-22-17(3)12-10-13-18(22)4/h10-16,21,23,32H,1-9H3,(H,29,33)(H,30,35). The van der Waals surface area contributed by atoms with E-state index in [2.05, 4.69) is 10.6 Å². The Labute approximate surface area is 214 Å². The molecule has 0 heterocycles. The number of aryl methyl sites for hydroxylation is 3. The van der Waals surface area contributed by atoms with E-state index in [-0.39, 0.29) is 17.2 Å². The Balaban J connectivity index is 2.48. The van der Waals surface area contributed by atoms with Gasteiger partial charge in [0, 0.05) is 18.3 Å². The molecule has 2 rings (SSSR count). The first-order chi connectivity index (χ1) is 16.6. The van der Waals surface area contributed by atoms with Gasteiger partial charge in [0.15, 0.2) is 0 Å². The molecular weight excluding hydrogens is 458 g/mol. The summed E-state index contributed by atoms with van der Waals surface area (Å²) in [6.45, 7) is 14.3. The normalized spacial score (nSPS) is 13.1. The average molecular weight is 498 g/mol. The number of alkyl carbamates (subject to hydrolysis) is 1. The lowest BCUT2D eigenvalue weighted by molar-refractivity contribution is -0.140. The van der Waals surface area contributed by atoms with Crippen molar-refractivity contribution in [3.05, 3.63) is 58.7 Å². The Morgan fingerprint density at radius 2 is 1.47 bits per heavy atom. The van der Waals surface area contributed by atoms with E-state index in [9.17, 15) is 19.5 Å². The first-order valence-electron chi connectivity index (χ1n) is 12.1. The maximum absolute atomic E-state index is 13.7. The molecule has 8 heteroatoms. The van der Waals surface area contributed by atoms with Crippen LogP contribution in [0.2, 0.25) is 0 Å². The molecule has 2 atom stereocenters. The number of benzene rings is 2. The summed E-state index contributed by atoms with van der Waals surface area (Å²) in [6, 6.07) is 8.63. The smallest absolute Gasteiger partial charge is 0.408 e. The molecule has 0 bridgehead atoms. The molecule has 0 spiro atoms. The number of hydrogen-bond donors (Lipinski definition) is 3. The predicted octanol–water partition coefficient (Wildman–Crippen LogP) is 5.00. The summed E-state index contributed by atoms with van der Waals surface area (Å²) in [5, 5.41) is 16.4. The number of likely N-dealkylation sites (N-methyl/N-ethyl adjacent to an activating group) is 1. The van der Waals surface area contributed by atoms with Gasteiger partial charge in [-0.2, -0.15) is 0 Å². The van der Waals surface area contributed by atoms with Gasteiger partial charge in [-0.3, -0.25) is 9.59 Å². The summed E-state index contributed by atoms with van der Waals surface area (Å²) < 4.78 is 5.34. The summed E-state index contributed by atoms with van der Waals surface area (Å²) in [7, 11) is 1.49. The number of para-hydroxylation sites is 2. The van der Waals surface area contributed by atoms with Crippen LogP contribution in [0, 0.1) is 26.7 Å². The van der Waals surface area contributed by atoms with E-state index in [0.717, 1.165) is 11.1 Å². The van der Waals surface area contributed by atoms with Crippen molar-refractivity contribution in [2.24, 2.45) is 5.92 Å². The fourth-order valence-corrected chi connectivity index (χ4v) is 3.93. The van der Waals surface area contributed by atoms with Crippen molar-refractivity contribution in [1.29, 1.82) is 0 Å². The number of nitrogens with zero attached hydrogens (tertiary/aromatic N) is 1. The van der Waals surface area contributed by atoms with Gasteiger partial charge in [-0.05, 0) is 64.2 Å². The van der Waals surface area contributed by atoms with E-state index in [0.29, 0.717) is 11.3 Å². The molecule has 0 saturated carbocycles. The van der Waals surface area contributed by atoms with Crippen molar-refractivity contribution in [2.75, 3.05) is 12.4 Å². The van der Waals surface area contributed by atoms with Crippen molar-refractivity contribution in [2.45, 2.75) is 73.1 Å². The third-order valence-corrected chi connectivity index (χ3v) is 5.88. The summed E-state index contributed by atoms with van der Waals surface area (Å²) in [5.41, 5.74) is 2.52. The molecule has 0 radical (unpaired) electrons. The second kappa shape index (κ2) is 11.5. The molecule has 0 aliphatic rings. The lowest BCUT2D eigenvalue weighted by Crippen LogP contribution is -2.53. The minimum atomic E-state index is -1.15. The summed E-state index contributed by atoms with van der Waals surface area (Å²) in [6.07, 6.45) is -0.724. The number of nitrogens with one attached hydrogen (secondary N) is 2. The van der Waals surface area contributed by atoms with Crippen LogP contribution >= 0.6 is 0 Å². The topological polar surface area (TPSA) is 108 Å². The molecule has 2 unspecified atom stereocenters. The fraction of sp³-hybridized carbons (Fsp3) is 0.464. The molecule has 196 valence electrons. The minimum Gasteiger partial charge on any atom is -0.507 e. The Hall–Kier alpha value is -3.55. The molecule has 36 heavy (non-hydrogen) atoms. The molecule has 0 saturated heterocycles. The number of amides is 3. The van der Waals surface area contributed by atoms with E-state index >= 15 is 0 Å². The summed E-state index contributed by atoms with van der Waals surface area (Å²) >= 11 is 0. The summed E-state index contributed by atoms with van der Waals surface area (Å²) in [4.78, 5) is 41.1. The molecule has 0 aromatic heterocycles. The third kappa shape index (κ3) is 6.99. The SMILES string of the molecule is Cc1cccc(C(C(=O)Nc2c(C)cccc2C)N(C)C(=O)C(NC(=O)OC(C)(C)C)C(C)C)c1O. The first-order valence-corrected chi connectivity index (χ1v) is 12.1. The highest BCUT2D eigenvalue weighted by Gasteiger charge is 2.37. The highest BCUT2D eigenvalue weighted by molar-refractivity contribution is 6.00. The molecule has 0 aliphatic heterocycles. The zero-order valence-electron chi connectivity index (χ0n) is 22.7. The lowest BCUT2D eigenvalue weighted by Gasteiger charge is -2.33. The highest BCUT2D eigenvalue weighted by Crippen LogP contribution is 2.33. The fourth-order valence-electron chi connectivity index (χ4n) is 3.93. The molecule has 8 nitrogen and oxygen atoms in total. The van der Waals surface area contributed by atoms with Crippen LogP contribution in [0.15, 0.2) is 36.4 Å². The van der Waals surface area contributed by atoms with Crippen LogP contribution in [0.25, 0.3) is 0 Å². The quantitative estimate of drug-likeness (QED) is 0.499. The van der Waals surface area contributed by atoms with E-state index in [1.807, 2.05) is 32.0 Å². The number of carbonyl (C=O) groups is 3. The third-order valence-electron chi connectivity index (χ3n) is 5.88. The van der Waals surface area contributed by atoms with Crippen molar-refractivity contribution in [1.82, 2.24) is 10.2 Å². The Morgan fingerprint density at radius 1 is 0.944 bits per heavy atom. The monoisotopic (exact) mass is 497 g/mol.